The highest BCUT2D eigenvalue weighted by atomic mass is 14.6. The molecule has 0 aliphatic heterocycles. The first-order valence-corrected chi connectivity index (χ1v) is 5.94. The van der Waals surface area contributed by atoms with Crippen molar-refractivity contribution in [3.05, 3.63) is 35.4 Å². The number of hydrogen-bond acceptors (Lipinski definition) is 1. The summed E-state index contributed by atoms with van der Waals surface area (Å²) in [5, 5.41) is 0. The van der Waals surface area contributed by atoms with Gasteiger partial charge in [0.15, 0.2) is 0 Å². The van der Waals surface area contributed by atoms with Gasteiger partial charge in [-0.1, -0.05) is 44.5 Å². The molecule has 0 atom stereocenters. The maximum absolute atomic E-state index is 5.87. The van der Waals surface area contributed by atoms with Crippen molar-refractivity contribution < 1.29 is 0 Å². The lowest BCUT2D eigenvalue weighted by atomic mass is 9.72. The third kappa shape index (κ3) is 1.93. The lowest BCUT2D eigenvalue weighted by molar-refractivity contribution is 0.408. The Bertz CT molecular complexity index is 337. The van der Waals surface area contributed by atoms with Crippen LogP contribution in [-0.4, -0.2) is 6.54 Å². The van der Waals surface area contributed by atoms with Gasteiger partial charge in [-0.05, 0) is 29.9 Å². The first-order chi connectivity index (χ1) is 7.15. The van der Waals surface area contributed by atoms with E-state index < -0.39 is 0 Å². The van der Waals surface area contributed by atoms with Gasteiger partial charge in [-0.3, -0.25) is 0 Å². The minimum absolute atomic E-state index is 0.117. The van der Waals surface area contributed by atoms with E-state index >= 15 is 0 Å². The van der Waals surface area contributed by atoms with Crippen LogP contribution in [0.15, 0.2) is 24.3 Å². The molecule has 82 valence electrons. The fourth-order valence-corrected chi connectivity index (χ4v) is 2.30. The summed E-state index contributed by atoms with van der Waals surface area (Å²) < 4.78 is 0. The maximum atomic E-state index is 5.87. The zero-order valence-corrected chi connectivity index (χ0v) is 9.79. The third-order valence-corrected chi connectivity index (χ3v) is 3.75. The monoisotopic (exact) mass is 203 g/mol. The van der Waals surface area contributed by atoms with Crippen LogP contribution in [0.25, 0.3) is 0 Å². The molecule has 1 nitrogen and oxygen atoms in total. The summed E-state index contributed by atoms with van der Waals surface area (Å²) in [6.07, 6.45) is 4.11. The molecule has 0 heterocycles. The predicted octanol–water partition coefficient (Wildman–Crippen LogP) is 3.19. The molecule has 0 radical (unpaired) electrons. The summed E-state index contributed by atoms with van der Waals surface area (Å²) in [5.41, 5.74) is 8.98. The molecule has 0 amide bonds. The van der Waals surface area contributed by atoms with Crippen LogP contribution in [0, 0.1) is 0 Å². The summed E-state index contributed by atoms with van der Waals surface area (Å²) in [7, 11) is 0. The molecular formula is C14H21N. The molecule has 0 aromatic heterocycles. The second-order valence-electron chi connectivity index (χ2n) is 5.30. The van der Waals surface area contributed by atoms with Crippen LogP contribution in [0.4, 0.5) is 0 Å². The Morgan fingerprint density at radius 3 is 2.47 bits per heavy atom. The molecule has 0 bridgehead atoms. The lowest BCUT2D eigenvalue weighted by Crippen LogP contribution is -2.30. The number of hydrogen-bond donors (Lipinski definition) is 1. The van der Waals surface area contributed by atoms with E-state index in [0.29, 0.717) is 0 Å². The minimum Gasteiger partial charge on any atom is -0.330 e. The smallest absolute Gasteiger partial charge is 0.00219 e. The van der Waals surface area contributed by atoms with Crippen molar-refractivity contribution in [3.8, 4) is 0 Å². The van der Waals surface area contributed by atoms with Crippen molar-refractivity contribution in [2.24, 2.45) is 5.73 Å². The Kier molecular flexibility index (Phi) is 2.83. The van der Waals surface area contributed by atoms with Crippen LogP contribution >= 0.6 is 0 Å². The highest BCUT2D eigenvalue weighted by molar-refractivity contribution is 5.37. The molecule has 1 heteroatoms. The van der Waals surface area contributed by atoms with E-state index in [1.165, 1.54) is 24.8 Å². The van der Waals surface area contributed by atoms with Crippen molar-refractivity contribution >= 4 is 0 Å². The number of rotatable bonds is 3. The second-order valence-corrected chi connectivity index (χ2v) is 5.30. The standard InChI is InChI=1S/C14H21N/c1-14(2,10-15)13-9-4-3-8-12(13)11-6-5-7-11/h3-4,8-9,11H,5-7,10,15H2,1-2H3. The molecule has 1 aliphatic rings. The fourth-order valence-electron chi connectivity index (χ4n) is 2.30. The molecule has 1 aromatic carbocycles. The highest BCUT2D eigenvalue weighted by Crippen LogP contribution is 2.40. The van der Waals surface area contributed by atoms with Crippen LogP contribution < -0.4 is 5.73 Å². The first-order valence-electron chi connectivity index (χ1n) is 5.94. The molecule has 0 spiro atoms. The molecule has 15 heavy (non-hydrogen) atoms. The van der Waals surface area contributed by atoms with Gasteiger partial charge in [-0.15, -0.1) is 0 Å². The van der Waals surface area contributed by atoms with Crippen LogP contribution in [-0.2, 0) is 5.41 Å². The van der Waals surface area contributed by atoms with Crippen LogP contribution in [0.1, 0.15) is 50.2 Å². The van der Waals surface area contributed by atoms with E-state index in [4.69, 9.17) is 5.73 Å². The van der Waals surface area contributed by atoms with E-state index in [-0.39, 0.29) is 5.41 Å². The van der Waals surface area contributed by atoms with E-state index in [0.717, 1.165) is 12.5 Å². The van der Waals surface area contributed by atoms with Gasteiger partial charge in [0.2, 0.25) is 0 Å². The SMILES string of the molecule is CC(C)(CN)c1ccccc1C1CCC1. The lowest BCUT2D eigenvalue weighted by Gasteiger charge is -2.33. The summed E-state index contributed by atoms with van der Waals surface area (Å²) >= 11 is 0. The molecule has 1 aliphatic carbocycles. The largest absolute Gasteiger partial charge is 0.330 e. The predicted molar refractivity (Wildman–Crippen MR) is 65.1 cm³/mol. The molecule has 2 N–H and O–H groups in total. The third-order valence-electron chi connectivity index (χ3n) is 3.75. The van der Waals surface area contributed by atoms with E-state index in [9.17, 15) is 0 Å². The molecule has 2 rings (SSSR count). The Morgan fingerprint density at radius 2 is 1.93 bits per heavy atom. The number of benzene rings is 1. The molecule has 1 aromatic rings. The Hall–Kier alpha value is -0.820. The fraction of sp³-hybridized carbons (Fsp3) is 0.571. The van der Waals surface area contributed by atoms with Gasteiger partial charge in [0, 0.05) is 12.0 Å². The topological polar surface area (TPSA) is 26.0 Å². The van der Waals surface area contributed by atoms with E-state index in [2.05, 4.69) is 38.1 Å². The molecule has 1 saturated carbocycles. The molecule has 0 saturated heterocycles. The Morgan fingerprint density at radius 1 is 1.27 bits per heavy atom. The molecule has 1 fully saturated rings. The van der Waals surface area contributed by atoms with Gasteiger partial charge in [0.1, 0.15) is 0 Å². The van der Waals surface area contributed by atoms with Gasteiger partial charge in [0.25, 0.3) is 0 Å². The summed E-state index contributed by atoms with van der Waals surface area (Å²) in [6, 6.07) is 8.83. The Balaban J connectivity index is 2.37. The first kappa shape index (κ1) is 10.7. The summed E-state index contributed by atoms with van der Waals surface area (Å²) in [5.74, 6) is 0.798. The second kappa shape index (κ2) is 3.97. The summed E-state index contributed by atoms with van der Waals surface area (Å²) in [4.78, 5) is 0. The van der Waals surface area contributed by atoms with Gasteiger partial charge < -0.3 is 5.73 Å². The normalized spacial score (nSPS) is 17.5. The zero-order chi connectivity index (χ0) is 10.9. The maximum Gasteiger partial charge on any atom is 0.00219 e. The number of nitrogens with two attached hydrogens (primary N) is 1. The quantitative estimate of drug-likeness (QED) is 0.802. The highest BCUT2D eigenvalue weighted by Gasteiger charge is 2.27. The van der Waals surface area contributed by atoms with Crippen molar-refractivity contribution in [2.75, 3.05) is 6.54 Å². The van der Waals surface area contributed by atoms with E-state index in [1.807, 2.05) is 0 Å². The summed E-state index contributed by atoms with van der Waals surface area (Å²) in [6.45, 7) is 5.20. The van der Waals surface area contributed by atoms with Gasteiger partial charge in [0.05, 0.1) is 0 Å². The minimum atomic E-state index is 0.117. The van der Waals surface area contributed by atoms with Gasteiger partial charge >= 0.3 is 0 Å². The van der Waals surface area contributed by atoms with Crippen LogP contribution in [0.3, 0.4) is 0 Å². The van der Waals surface area contributed by atoms with Crippen molar-refractivity contribution in [2.45, 2.75) is 44.4 Å². The van der Waals surface area contributed by atoms with Crippen molar-refractivity contribution in [1.29, 1.82) is 0 Å². The van der Waals surface area contributed by atoms with Crippen LogP contribution in [0.2, 0.25) is 0 Å². The van der Waals surface area contributed by atoms with Crippen molar-refractivity contribution in [3.63, 3.8) is 0 Å². The van der Waals surface area contributed by atoms with E-state index in [1.54, 1.807) is 5.56 Å². The van der Waals surface area contributed by atoms with Gasteiger partial charge in [-0.2, -0.15) is 0 Å². The molecular weight excluding hydrogens is 182 g/mol. The van der Waals surface area contributed by atoms with Crippen LogP contribution in [0.5, 0.6) is 0 Å². The zero-order valence-electron chi connectivity index (χ0n) is 9.79. The average Bonchev–Trinajstić information content (AvgIpc) is 2.16. The molecule has 0 unspecified atom stereocenters. The van der Waals surface area contributed by atoms with Gasteiger partial charge in [-0.25, -0.2) is 0 Å². The average molecular weight is 203 g/mol. The van der Waals surface area contributed by atoms with Crippen molar-refractivity contribution in [1.82, 2.24) is 0 Å². The Labute approximate surface area is 92.7 Å².